The molecule has 1 amide bonds. The molecule has 188 valence electrons. The number of hydrogen-bond acceptors (Lipinski definition) is 6. The van der Waals surface area contributed by atoms with Crippen molar-refractivity contribution in [2.75, 3.05) is 43.1 Å². The van der Waals surface area contributed by atoms with Gasteiger partial charge in [-0.1, -0.05) is 30.3 Å². The smallest absolute Gasteiger partial charge is 0.258 e. The van der Waals surface area contributed by atoms with Crippen LogP contribution in [0.4, 0.5) is 16.2 Å². The Morgan fingerprint density at radius 3 is 2.64 bits per heavy atom. The molecule has 0 saturated carbocycles. The molecule has 1 aromatic heterocycles. The topological polar surface area (TPSA) is 73.4 Å². The Balaban J connectivity index is 1.52. The Bertz CT molecular complexity index is 1230. The minimum Gasteiger partial charge on any atom is -0.354 e. The second-order valence-corrected chi connectivity index (χ2v) is 9.60. The van der Waals surface area contributed by atoms with Gasteiger partial charge in [-0.15, -0.1) is 0 Å². The van der Waals surface area contributed by atoms with E-state index in [-0.39, 0.29) is 17.8 Å². The van der Waals surface area contributed by atoms with Crippen LogP contribution >= 0.6 is 0 Å². The fraction of sp³-hybridized carbons (Fsp3) is 0.393. The zero-order valence-electron chi connectivity index (χ0n) is 20.9. The summed E-state index contributed by atoms with van der Waals surface area (Å²) < 4.78 is 13.9. The summed E-state index contributed by atoms with van der Waals surface area (Å²) in [6.45, 7) is 8.40. The molecule has 0 spiro atoms. The Hall–Kier alpha value is -3.52. The fourth-order valence-corrected chi connectivity index (χ4v) is 5.09. The molecular formula is C28H33FN6O. The lowest BCUT2D eigenvalue weighted by atomic mass is 9.98. The van der Waals surface area contributed by atoms with Gasteiger partial charge in [0.05, 0.1) is 18.4 Å². The Morgan fingerprint density at radius 2 is 1.89 bits per heavy atom. The van der Waals surface area contributed by atoms with Crippen molar-refractivity contribution >= 4 is 17.7 Å². The Kier molecular flexibility index (Phi) is 7.13. The molecule has 3 aromatic rings. The van der Waals surface area contributed by atoms with Crippen LogP contribution < -0.4 is 15.5 Å². The number of amides is 1. The summed E-state index contributed by atoms with van der Waals surface area (Å²) >= 11 is 0. The van der Waals surface area contributed by atoms with Crippen LogP contribution in [0.25, 0.3) is 11.3 Å². The molecule has 0 bridgehead atoms. The first-order chi connectivity index (χ1) is 17.5. The molecular weight excluding hydrogens is 455 g/mol. The summed E-state index contributed by atoms with van der Waals surface area (Å²) in [6.07, 6.45) is 3.54. The molecule has 2 aliphatic heterocycles. The van der Waals surface area contributed by atoms with Gasteiger partial charge in [0.25, 0.3) is 5.91 Å². The van der Waals surface area contributed by atoms with E-state index in [9.17, 15) is 9.18 Å². The van der Waals surface area contributed by atoms with Crippen molar-refractivity contribution in [3.8, 4) is 11.3 Å². The Labute approximate surface area is 211 Å². The number of fused-ring (bicyclic) bond motifs is 1. The van der Waals surface area contributed by atoms with Crippen LogP contribution in [0.2, 0.25) is 0 Å². The number of aromatic nitrogens is 2. The normalized spacial score (nSPS) is 16.5. The molecule has 1 atom stereocenters. The number of halogens is 1. The number of nitrogens with one attached hydrogen (secondary N) is 2. The zero-order chi connectivity index (χ0) is 25.1. The standard InChI is InChI=1S/C28H33FN6O/c1-19-17-22(29)11-12-23(19)25-24-26(33-28(32-25)30-13-8-16-34-14-6-7-15-34)35(18-31-27(24)36)20(2)21-9-4-3-5-10-21/h3-5,9-12,17,20H,6-8,13-16,18H2,1-2H3,(H,31,36)(H,30,32,33)/t20-/m0/s1. The van der Waals surface area contributed by atoms with Crippen molar-refractivity contribution in [2.45, 2.75) is 39.2 Å². The molecule has 0 radical (unpaired) electrons. The molecule has 2 aliphatic rings. The average molecular weight is 489 g/mol. The summed E-state index contributed by atoms with van der Waals surface area (Å²) in [5.41, 5.74) is 3.50. The van der Waals surface area contributed by atoms with E-state index >= 15 is 0 Å². The predicted molar refractivity (Wildman–Crippen MR) is 141 cm³/mol. The first-order valence-corrected chi connectivity index (χ1v) is 12.8. The molecule has 0 aliphatic carbocycles. The monoisotopic (exact) mass is 488 g/mol. The van der Waals surface area contributed by atoms with Crippen molar-refractivity contribution in [1.82, 2.24) is 20.2 Å². The Morgan fingerprint density at radius 1 is 1.11 bits per heavy atom. The summed E-state index contributed by atoms with van der Waals surface area (Å²) in [7, 11) is 0. The molecule has 36 heavy (non-hydrogen) atoms. The minimum atomic E-state index is -0.316. The summed E-state index contributed by atoms with van der Waals surface area (Å²) in [5.74, 6) is 0.531. The van der Waals surface area contributed by atoms with Crippen LogP contribution in [0.3, 0.4) is 0 Å². The largest absolute Gasteiger partial charge is 0.354 e. The lowest BCUT2D eigenvalue weighted by Crippen LogP contribution is -2.45. The second kappa shape index (κ2) is 10.6. The van der Waals surface area contributed by atoms with Crippen LogP contribution in [0, 0.1) is 12.7 Å². The van der Waals surface area contributed by atoms with Gasteiger partial charge in [0, 0.05) is 12.1 Å². The number of hydrogen-bond donors (Lipinski definition) is 2. The van der Waals surface area contributed by atoms with Crippen molar-refractivity contribution in [1.29, 1.82) is 0 Å². The van der Waals surface area contributed by atoms with E-state index in [1.807, 2.05) is 25.1 Å². The van der Waals surface area contributed by atoms with Crippen LogP contribution in [0.1, 0.15) is 53.7 Å². The van der Waals surface area contributed by atoms with E-state index in [0.29, 0.717) is 29.7 Å². The molecule has 5 rings (SSSR count). The number of likely N-dealkylation sites (tertiary alicyclic amines) is 1. The highest BCUT2D eigenvalue weighted by atomic mass is 19.1. The van der Waals surface area contributed by atoms with Crippen LogP contribution in [-0.4, -0.2) is 53.6 Å². The highest BCUT2D eigenvalue weighted by Crippen LogP contribution is 2.37. The number of anilines is 2. The van der Waals surface area contributed by atoms with E-state index in [4.69, 9.17) is 9.97 Å². The first-order valence-electron chi connectivity index (χ1n) is 12.8. The number of nitrogens with zero attached hydrogens (tertiary/aromatic N) is 4. The molecule has 2 aromatic carbocycles. The van der Waals surface area contributed by atoms with E-state index in [2.05, 4.69) is 39.5 Å². The third-order valence-corrected chi connectivity index (χ3v) is 7.12. The van der Waals surface area contributed by atoms with Crippen molar-refractivity contribution < 1.29 is 9.18 Å². The predicted octanol–water partition coefficient (Wildman–Crippen LogP) is 4.76. The maximum Gasteiger partial charge on any atom is 0.258 e. The maximum absolute atomic E-state index is 13.9. The molecule has 1 fully saturated rings. The van der Waals surface area contributed by atoms with E-state index in [1.54, 1.807) is 6.07 Å². The SMILES string of the molecule is Cc1cc(F)ccc1-c1nc(NCCCN2CCCC2)nc2c1C(=O)NCN2[C@@H](C)c1ccccc1. The first kappa shape index (κ1) is 24.2. The number of carbonyl (C=O) groups excluding carboxylic acids is 1. The summed E-state index contributed by atoms with van der Waals surface area (Å²) in [6, 6.07) is 14.7. The minimum absolute atomic E-state index is 0.0226. The third-order valence-electron chi connectivity index (χ3n) is 7.12. The van der Waals surface area contributed by atoms with Gasteiger partial charge in [-0.05, 0) is 82.1 Å². The van der Waals surface area contributed by atoms with E-state index in [1.165, 1.54) is 38.1 Å². The van der Waals surface area contributed by atoms with Crippen molar-refractivity contribution in [2.24, 2.45) is 0 Å². The lowest BCUT2D eigenvalue weighted by Gasteiger charge is -2.36. The van der Waals surface area contributed by atoms with Crippen molar-refractivity contribution in [3.63, 3.8) is 0 Å². The number of carbonyl (C=O) groups is 1. The lowest BCUT2D eigenvalue weighted by molar-refractivity contribution is 0.0946. The van der Waals surface area contributed by atoms with Gasteiger partial charge in [0.15, 0.2) is 0 Å². The molecule has 2 N–H and O–H groups in total. The van der Waals surface area contributed by atoms with E-state index in [0.717, 1.165) is 36.2 Å². The molecule has 7 nitrogen and oxygen atoms in total. The second-order valence-electron chi connectivity index (χ2n) is 9.60. The maximum atomic E-state index is 13.9. The van der Waals surface area contributed by atoms with Gasteiger partial charge in [-0.3, -0.25) is 4.79 Å². The van der Waals surface area contributed by atoms with Crippen LogP contribution in [0.5, 0.6) is 0 Å². The summed E-state index contributed by atoms with van der Waals surface area (Å²) in [4.78, 5) is 27.4. The number of aryl methyl sites for hydroxylation is 1. The molecule has 1 saturated heterocycles. The zero-order valence-corrected chi connectivity index (χ0v) is 20.9. The van der Waals surface area contributed by atoms with Gasteiger partial charge >= 0.3 is 0 Å². The molecule has 3 heterocycles. The number of rotatable bonds is 8. The highest BCUT2D eigenvalue weighted by molar-refractivity contribution is 6.06. The van der Waals surface area contributed by atoms with Gasteiger partial charge in [-0.2, -0.15) is 4.98 Å². The van der Waals surface area contributed by atoms with E-state index < -0.39 is 0 Å². The number of benzene rings is 2. The van der Waals surface area contributed by atoms with Crippen LogP contribution in [0.15, 0.2) is 48.5 Å². The van der Waals surface area contributed by atoms with Gasteiger partial charge in [0.2, 0.25) is 5.95 Å². The summed E-state index contributed by atoms with van der Waals surface area (Å²) in [5, 5.41) is 6.38. The molecule has 0 unspecified atom stereocenters. The highest BCUT2D eigenvalue weighted by Gasteiger charge is 2.33. The van der Waals surface area contributed by atoms with Gasteiger partial charge < -0.3 is 20.4 Å². The fourth-order valence-electron chi connectivity index (χ4n) is 5.09. The third kappa shape index (κ3) is 5.04. The van der Waals surface area contributed by atoms with Crippen molar-refractivity contribution in [3.05, 3.63) is 71.0 Å². The van der Waals surface area contributed by atoms with Gasteiger partial charge in [-0.25, -0.2) is 9.37 Å². The van der Waals surface area contributed by atoms with Crippen LogP contribution in [-0.2, 0) is 0 Å². The molecule has 8 heteroatoms. The average Bonchev–Trinajstić information content (AvgIpc) is 3.40. The van der Waals surface area contributed by atoms with Gasteiger partial charge in [0.1, 0.15) is 17.2 Å². The quantitative estimate of drug-likeness (QED) is 0.446.